The number of piperidine rings is 1. The second-order valence-corrected chi connectivity index (χ2v) is 6.84. The van der Waals surface area contributed by atoms with Crippen molar-refractivity contribution in [1.82, 2.24) is 24.7 Å². The first-order valence-electron chi connectivity index (χ1n) is 9.89. The van der Waals surface area contributed by atoms with E-state index in [1.165, 1.54) is 0 Å². The number of nitrogens with one attached hydrogen (secondary N) is 1. The first kappa shape index (κ1) is 20.3. The second kappa shape index (κ2) is 10.2. The molecule has 1 N–H and O–H groups in total. The van der Waals surface area contributed by atoms with E-state index in [4.69, 9.17) is 4.99 Å². The summed E-state index contributed by atoms with van der Waals surface area (Å²) in [5, 5.41) is 3.39. The number of carbonyl (C=O) groups is 1. The number of aromatic nitrogens is 2. The van der Waals surface area contributed by atoms with Gasteiger partial charge in [-0.25, -0.2) is 4.98 Å². The number of likely N-dealkylation sites (tertiary alicyclic amines) is 1. The Kier molecular flexibility index (Phi) is 7.94. The molecule has 1 fully saturated rings. The fraction of sp³-hybridized carbons (Fsp3) is 0.737. The number of carbonyl (C=O) groups excluding carboxylic acids is 1. The highest BCUT2D eigenvalue weighted by molar-refractivity contribution is 5.81. The third-order valence-corrected chi connectivity index (χ3v) is 5.16. The van der Waals surface area contributed by atoms with Gasteiger partial charge in [-0.2, -0.15) is 0 Å². The van der Waals surface area contributed by atoms with Gasteiger partial charge in [-0.05, 0) is 33.1 Å². The predicted octanol–water partition coefficient (Wildman–Crippen LogP) is 1.99. The molecule has 0 spiro atoms. The molecule has 1 aliphatic rings. The molecule has 1 saturated heterocycles. The highest BCUT2D eigenvalue weighted by atomic mass is 16.2. The average molecular weight is 363 g/mol. The van der Waals surface area contributed by atoms with E-state index in [0.717, 1.165) is 45.1 Å². The van der Waals surface area contributed by atoms with Gasteiger partial charge in [0.05, 0.1) is 18.9 Å². The molecule has 1 aromatic rings. The second-order valence-electron chi connectivity index (χ2n) is 6.84. The van der Waals surface area contributed by atoms with Crippen molar-refractivity contribution in [2.24, 2.45) is 10.9 Å². The van der Waals surface area contributed by atoms with Gasteiger partial charge in [-0.15, -0.1) is 0 Å². The zero-order valence-corrected chi connectivity index (χ0v) is 16.7. The summed E-state index contributed by atoms with van der Waals surface area (Å²) < 4.78 is 2.20. The molecule has 1 aliphatic heterocycles. The van der Waals surface area contributed by atoms with Crippen LogP contribution in [0.25, 0.3) is 0 Å². The summed E-state index contributed by atoms with van der Waals surface area (Å²) >= 11 is 0. The molecule has 26 heavy (non-hydrogen) atoms. The Bertz CT molecular complexity index is 567. The smallest absolute Gasteiger partial charge is 0.224 e. The summed E-state index contributed by atoms with van der Waals surface area (Å²) in [6.07, 6.45) is 7.36. The van der Waals surface area contributed by atoms with E-state index in [1.54, 1.807) is 0 Å². The SMILES string of the molecule is CCNC(=NCCC(=O)N(CC)CC)N1CCC(C)C(n2ccnc2)C1. The monoisotopic (exact) mass is 362 g/mol. The van der Waals surface area contributed by atoms with E-state index in [0.29, 0.717) is 24.9 Å². The Morgan fingerprint density at radius 3 is 2.73 bits per heavy atom. The van der Waals surface area contributed by atoms with Crippen molar-refractivity contribution in [2.45, 2.75) is 46.6 Å². The summed E-state index contributed by atoms with van der Waals surface area (Å²) in [7, 11) is 0. The Balaban J connectivity index is 2.00. The molecule has 2 unspecified atom stereocenters. The molecular formula is C19H34N6O. The van der Waals surface area contributed by atoms with Crippen LogP contribution in [0.15, 0.2) is 23.7 Å². The minimum atomic E-state index is 0.179. The van der Waals surface area contributed by atoms with Crippen molar-refractivity contribution in [3.63, 3.8) is 0 Å². The lowest BCUT2D eigenvalue weighted by atomic mass is 9.93. The van der Waals surface area contributed by atoms with Crippen LogP contribution < -0.4 is 5.32 Å². The van der Waals surface area contributed by atoms with Crippen molar-refractivity contribution in [3.8, 4) is 0 Å². The average Bonchev–Trinajstić information content (AvgIpc) is 3.17. The Labute approximate surface area is 157 Å². The van der Waals surface area contributed by atoms with Gasteiger partial charge >= 0.3 is 0 Å². The fourth-order valence-electron chi connectivity index (χ4n) is 3.51. The number of hydrogen-bond acceptors (Lipinski definition) is 3. The third kappa shape index (κ3) is 5.22. The first-order chi connectivity index (χ1) is 12.6. The first-order valence-corrected chi connectivity index (χ1v) is 9.89. The molecule has 7 heteroatoms. The Morgan fingerprint density at radius 1 is 1.35 bits per heavy atom. The lowest BCUT2D eigenvalue weighted by molar-refractivity contribution is -0.130. The molecule has 2 rings (SSSR count). The van der Waals surface area contributed by atoms with Gasteiger partial charge in [0, 0.05) is 51.5 Å². The topological polar surface area (TPSA) is 65.8 Å². The summed E-state index contributed by atoms with van der Waals surface area (Å²) in [4.78, 5) is 25.3. The fourth-order valence-corrected chi connectivity index (χ4v) is 3.51. The molecule has 1 amide bonds. The Morgan fingerprint density at radius 2 is 2.12 bits per heavy atom. The number of rotatable bonds is 7. The van der Waals surface area contributed by atoms with Crippen molar-refractivity contribution >= 4 is 11.9 Å². The lowest BCUT2D eigenvalue weighted by Crippen LogP contribution is -2.49. The van der Waals surface area contributed by atoms with Crippen LogP contribution >= 0.6 is 0 Å². The number of hydrogen-bond donors (Lipinski definition) is 1. The molecule has 0 bridgehead atoms. The molecule has 0 aliphatic carbocycles. The van der Waals surface area contributed by atoms with Crippen LogP contribution in [0.5, 0.6) is 0 Å². The van der Waals surface area contributed by atoms with Crippen molar-refractivity contribution in [1.29, 1.82) is 0 Å². The number of imidazole rings is 1. The minimum Gasteiger partial charge on any atom is -0.357 e. The molecule has 146 valence electrons. The van der Waals surface area contributed by atoms with Crippen molar-refractivity contribution < 1.29 is 4.79 Å². The van der Waals surface area contributed by atoms with Gasteiger partial charge < -0.3 is 19.7 Å². The van der Waals surface area contributed by atoms with E-state index in [1.807, 2.05) is 37.5 Å². The van der Waals surface area contributed by atoms with E-state index in [2.05, 4.69) is 33.6 Å². The van der Waals surface area contributed by atoms with Crippen LogP contribution in [0.2, 0.25) is 0 Å². The number of aliphatic imine (C=N–C) groups is 1. The van der Waals surface area contributed by atoms with Gasteiger partial charge in [0.15, 0.2) is 5.96 Å². The minimum absolute atomic E-state index is 0.179. The Hall–Kier alpha value is -2.05. The molecule has 0 radical (unpaired) electrons. The molecule has 1 aromatic heterocycles. The summed E-state index contributed by atoms with van der Waals surface area (Å²) in [5.41, 5.74) is 0. The van der Waals surface area contributed by atoms with Crippen LogP contribution in [-0.4, -0.2) is 70.5 Å². The van der Waals surface area contributed by atoms with Crippen LogP contribution in [0, 0.1) is 5.92 Å². The number of nitrogens with zero attached hydrogens (tertiary/aromatic N) is 5. The van der Waals surface area contributed by atoms with E-state index < -0.39 is 0 Å². The normalized spacial score (nSPS) is 20.9. The lowest BCUT2D eigenvalue weighted by Gasteiger charge is -2.39. The molecule has 0 saturated carbocycles. The number of guanidine groups is 1. The molecular weight excluding hydrogens is 328 g/mol. The van der Waals surface area contributed by atoms with E-state index >= 15 is 0 Å². The van der Waals surface area contributed by atoms with Gasteiger partial charge in [-0.3, -0.25) is 9.79 Å². The van der Waals surface area contributed by atoms with Gasteiger partial charge in [0.2, 0.25) is 5.91 Å². The quantitative estimate of drug-likeness (QED) is 0.595. The molecule has 0 aromatic carbocycles. The molecule has 7 nitrogen and oxygen atoms in total. The zero-order valence-electron chi connectivity index (χ0n) is 16.7. The molecule has 2 atom stereocenters. The maximum absolute atomic E-state index is 12.2. The van der Waals surface area contributed by atoms with Crippen molar-refractivity contribution in [3.05, 3.63) is 18.7 Å². The van der Waals surface area contributed by atoms with Crippen LogP contribution in [-0.2, 0) is 4.79 Å². The van der Waals surface area contributed by atoms with Crippen LogP contribution in [0.3, 0.4) is 0 Å². The van der Waals surface area contributed by atoms with Crippen molar-refractivity contribution in [2.75, 3.05) is 39.3 Å². The maximum atomic E-state index is 12.2. The van der Waals surface area contributed by atoms with E-state index in [9.17, 15) is 4.79 Å². The van der Waals surface area contributed by atoms with Gasteiger partial charge in [-0.1, -0.05) is 6.92 Å². The van der Waals surface area contributed by atoms with Crippen LogP contribution in [0.1, 0.15) is 46.6 Å². The largest absolute Gasteiger partial charge is 0.357 e. The van der Waals surface area contributed by atoms with Crippen LogP contribution in [0.4, 0.5) is 0 Å². The third-order valence-electron chi connectivity index (χ3n) is 5.16. The van der Waals surface area contributed by atoms with Gasteiger partial charge in [0.25, 0.3) is 0 Å². The molecule has 2 heterocycles. The zero-order chi connectivity index (χ0) is 18.9. The summed E-state index contributed by atoms with van der Waals surface area (Å²) in [6.45, 7) is 13.2. The highest BCUT2D eigenvalue weighted by Gasteiger charge is 2.28. The van der Waals surface area contributed by atoms with Gasteiger partial charge in [0.1, 0.15) is 0 Å². The number of amides is 1. The highest BCUT2D eigenvalue weighted by Crippen LogP contribution is 2.27. The van der Waals surface area contributed by atoms with E-state index in [-0.39, 0.29) is 5.91 Å². The maximum Gasteiger partial charge on any atom is 0.224 e. The summed E-state index contributed by atoms with van der Waals surface area (Å²) in [6, 6.07) is 0.396. The standard InChI is InChI=1S/C19H34N6O/c1-5-21-19(22-10-8-18(26)23(6-2)7-3)24-12-9-16(4)17(14-24)25-13-11-20-15-25/h11,13,15-17H,5-10,12,14H2,1-4H3,(H,21,22). The summed E-state index contributed by atoms with van der Waals surface area (Å²) in [5.74, 6) is 1.70. The predicted molar refractivity (Wildman–Crippen MR) is 105 cm³/mol.